The third-order valence-electron chi connectivity index (χ3n) is 5.28. The summed E-state index contributed by atoms with van der Waals surface area (Å²) in [6.07, 6.45) is 4.49. The molecule has 2 amide bonds. The van der Waals surface area contributed by atoms with Crippen molar-refractivity contribution in [2.24, 2.45) is 5.73 Å². The smallest absolute Gasteiger partial charge is 0.254 e. The summed E-state index contributed by atoms with van der Waals surface area (Å²) >= 11 is 0. The predicted molar refractivity (Wildman–Crippen MR) is 115 cm³/mol. The summed E-state index contributed by atoms with van der Waals surface area (Å²) in [5.74, 6) is -0.911. The molecule has 0 bridgehead atoms. The van der Waals surface area contributed by atoms with Crippen molar-refractivity contribution in [1.29, 1.82) is 0 Å². The standard InChI is InChI=1S/C24H21N3O3/c25-23(29)21-6-3-15-27(21)24(30)18-9-7-17(8-10-18)22(28)14-13-19-12-11-16-4-1-2-5-20(16)26-19/h1-2,4-5,7-14,21H,3,6,15H2,(H2,25,29)/b14-13+. The van der Waals surface area contributed by atoms with Crippen LogP contribution in [0, 0.1) is 0 Å². The molecule has 6 nitrogen and oxygen atoms in total. The Morgan fingerprint density at radius 1 is 0.967 bits per heavy atom. The maximum Gasteiger partial charge on any atom is 0.254 e. The molecule has 0 spiro atoms. The molecule has 0 aliphatic carbocycles. The van der Waals surface area contributed by atoms with Crippen molar-refractivity contribution in [3.63, 3.8) is 0 Å². The average Bonchev–Trinajstić information content (AvgIpc) is 3.27. The summed E-state index contributed by atoms with van der Waals surface area (Å²) < 4.78 is 0. The lowest BCUT2D eigenvalue weighted by molar-refractivity contribution is -0.121. The molecule has 4 rings (SSSR count). The van der Waals surface area contributed by atoms with Gasteiger partial charge in [0.05, 0.1) is 11.2 Å². The van der Waals surface area contributed by atoms with Crippen molar-refractivity contribution in [3.05, 3.63) is 83.6 Å². The highest BCUT2D eigenvalue weighted by atomic mass is 16.2. The lowest BCUT2D eigenvalue weighted by atomic mass is 10.1. The van der Waals surface area contributed by atoms with Crippen LogP contribution >= 0.6 is 0 Å². The number of carbonyl (C=O) groups is 3. The molecule has 0 saturated carbocycles. The van der Waals surface area contributed by atoms with E-state index in [9.17, 15) is 14.4 Å². The largest absolute Gasteiger partial charge is 0.368 e. The van der Waals surface area contributed by atoms with Crippen LogP contribution in [0.25, 0.3) is 17.0 Å². The number of amides is 2. The number of hydrogen-bond donors (Lipinski definition) is 1. The maximum atomic E-state index is 12.7. The maximum absolute atomic E-state index is 12.7. The minimum Gasteiger partial charge on any atom is -0.368 e. The van der Waals surface area contributed by atoms with Gasteiger partial charge in [-0.15, -0.1) is 0 Å². The molecule has 2 aromatic carbocycles. The first kappa shape index (κ1) is 19.5. The Balaban J connectivity index is 1.46. The third-order valence-corrected chi connectivity index (χ3v) is 5.28. The lowest BCUT2D eigenvalue weighted by Crippen LogP contribution is -2.43. The fourth-order valence-corrected chi connectivity index (χ4v) is 3.68. The van der Waals surface area contributed by atoms with Crippen molar-refractivity contribution in [2.75, 3.05) is 6.54 Å². The van der Waals surface area contributed by atoms with Gasteiger partial charge in [-0.3, -0.25) is 14.4 Å². The second-order valence-corrected chi connectivity index (χ2v) is 7.26. The molecule has 2 N–H and O–H groups in total. The van der Waals surface area contributed by atoms with E-state index in [0.29, 0.717) is 29.8 Å². The molecule has 2 heterocycles. The molecule has 1 aliphatic heterocycles. The van der Waals surface area contributed by atoms with E-state index in [1.54, 1.807) is 30.3 Å². The van der Waals surface area contributed by atoms with Crippen LogP contribution in [0.1, 0.15) is 39.3 Å². The fraction of sp³-hybridized carbons (Fsp3) is 0.167. The second kappa shape index (κ2) is 8.29. The van der Waals surface area contributed by atoms with Crippen LogP contribution in [0.4, 0.5) is 0 Å². The van der Waals surface area contributed by atoms with Gasteiger partial charge in [-0.1, -0.05) is 36.4 Å². The molecular weight excluding hydrogens is 378 g/mol. The molecule has 6 heteroatoms. The zero-order chi connectivity index (χ0) is 21.1. The van der Waals surface area contributed by atoms with Crippen molar-refractivity contribution < 1.29 is 14.4 Å². The van der Waals surface area contributed by atoms with Crippen LogP contribution in [0.15, 0.2) is 66.7 Å². The highest BCUT2D eigenvalue weighted by Gasteiger charge is 2.33. The summed E-state index contributed by atoms with van der Waals surface area (Å²) in [5.41, 5.74) is 7.85. The molecule has 1 aliphatic rings. The molecule has 3 aromatic rings. The monoisotopic (exact) mass is 399 g/mol. The van der Waals surface area contributed by atoms with E-state index in [1.807, 2.05) is 36.4 Å². The third kappa shape index (κ3) is 3.98. The van der Waals surface area contributed by atoms with E-state index < -0.39 is 11.9 Å². The van der Waals surface area contributed by atoms with E-state index in [-0.39, 0.29) is 11.7 Å². The van der Waals surface area contributed by atoms with Crippen LogP contribution in [-0.2, 0) is 4.79 Å². The van der Waals surface area contributed by atoms with Gasteiger partial charge in [0.25, 0.3) is 5.91 Å². The number of nitrogens with zero attached hydrogens (tertiary/aromatic N) is 2. The number of allylic oxidation sites excluding steroid dienone is 1. The normalized spacial score (nSPS) is 16.3. The number of pyridine rings is 1. The molecule has 1 saturated heterocycles. The molecule has 1 atom stereocenters. The van der Waals surface area contributed by atoms with Crippen LogP contribution in [0.2, 0.25) is 0 Å². The van der Waals surface area contributed by atoms with Gasteiger partial charge in [0.15, 0.2) is 5.78 Å². The number of ketones is 1. The van der Waals surface area contributed by atoms with Gasteiger partial charge in [-0.05, 0) is 49.3 Å². The van der Waals surface area contributed by atoms with Gasteiger partial charge in [0, 0.05) is 23.1 Å². The van der Waals surface area contributed by atoms with Gasteiger partial charge in [0.2, 0.25) is 5.91 Å². The van der Waals surface area contributed by atoms with Gasteiger partial charge < -0.3 is 10.6 Å². The Kier molecular flexibility index (Phi) is 5.39. The first-order valence-electron chi connectivity index (χ1n) is 9.81. The van der Waals surface area contributed by atoms with E-state index >= 15 is 0 Å². The minimum absolute atomic E-state index is 0.180. The number of carbonyl (C=O) groups excluding carboxylic acids is 3. The van der Waals surface area contributed by atoms with Crippen molar-refractivity contribution in [2.45, 2.75) is 18.9 Å². The van der Waals surface area contributed by atoms with Crippen LogP contribution in [0.3, 0.4) is 0 Å². The number of nitrogens with two attached hydrogens (primary N) is 1. The SMILES string of the molecule is NC(=O)C1CCCN1C(=O)c1ccc(C(=O)/C=C/c2ccc3ccccc3n2)cc1. The Hall–Kier alpha value is -3.80. The van der Waals surface area contributed by atoms with E-state index in [2.05, 4.69) is 4.98 Å². The molecule has 1 aromatic heterocycles. The van der Waals surface area contributed by atoms with Gasteiger partial charge >= 0.3 is 0 Å². The quantitative estimate of drug-likeness (QED) is 0.527. The molecular formula is C24H21N3O3. The molecule has 30 heavy (non-hydrogen) atoms. The van der Waals surface area contributed by atoms with Crippen LogP contribution in [0.5, 0.6) is 0 Å². The lowest BCUT2D eigenvalue weighted by Gasteiger charge is -2.22. The molecule has 1 fully saturated rings. The van der Waals surface area contributed by atoms with E-state index in [4.69, 9.17) is 5.73 Å². The van der Waals surface area contributed by atoms with Gasteiger partial charge in [-0.25, -0.2) is 4.98 Å². The Morgan fingerprint density at radius 3 is 2.47 bits per heavy atom. The highest BCUT2D eigenvalue weighted by molar-refractivity contribution is 6.07. The van der Waals surface area contributed by atoms with Crippen molar-refractivity contribution >= 4 is 34.6 Å². The predicted octanol–water partition coefficient (Wildman–Crippen LogP) is 3.22. The number of likely N-dealkylation sites (tertiary alicyclic amines) is 1. The Labute approximate surface area is 174 Å². The van der Waals surface area contributed by atoms with Crippen LogP contribution in [-0.4, -0.2) is 40.1 Å². The average molecular weight is 399 g/mol. The Bertz CT molecular complexity index is 1150. The topological polar surface area (TPSA) is 93.4 Å². The van der Waals surface area contributed by atoms with Crippen molar-refractivity contribution in [1.82, 2.24) is 9.88 Å². The van der Waals surface area contributed by atoms with E-state index in [1.165, 1.54) is 11.0 Å². The van der Waals surface area contributed by atoms with Gasteiger partial charge in [0.1, 0.15) is 6.04 Å². The zero-order valence-corrected chi connectivity index (χ0v) is 16.3. The number of primary amides is 1. The number of fused-ring (bicyclic) bond motifs is 1. The zero-order valence-electron chi connectivity index (χ0n) is 16.3. The van der Waals surface area contributed by atoms with E-state index in [0.717, 1.165) is 17.3 Å². The number of benzene rings is 2. The summed E-state index contributed by atoms with van der Waals surface area (Å²) in [4.78, 5) is 42.7. The molecule has 1 unspecified atom stereocenters. The summed E-state index contributed by atoms with van der Waals surface area (Å²) in [7, 11) is 0. The molecule has 150 valence electrons. The summed E-state index contributed by atoms with van der Waals surface area (Å²) in [6, 6.07) is 17.5. The van der Waals surface area contributed by atoms with Crippen LogP contribution < -0.4 is 5.73 Å². The summed E-state index contributed by atoms with van der Waals surface area (Å²) in [5, 5.41) is 1.04. The number of rotatable bonds is 5. The first-order chi connectivity index (χ1) is 14.5. The minimum atomic E-state index is -0.559. The van der Waals surface area contributed by atoms with Gasteiger partial charge in [-0.2, -0.15) is 0 Å². The fourth-order valence-electron chi connectivity index (χ4n) is 3.68. The van der Waals surface area contributed by atoms with Crippen molar-refractivity contribution in [3.8, 4) is 0 Å². The first-order valence-corrected chi connectivity index (χ1v) is 9.81. The number of aromatic nitrogens is 1. The number of para-hydroxylation sites is 1. The molecule has 0 radical (unpaired) electrons. The second-order valence-electron chi connectivity index (χ2n) is 7.26. The number of hydrogen-bond acceptors (Lipinski definition) is 4. The summed E-state index contributed by atoms with van der Waals surface area (Å²) in [6.45, 7) is 0.509. The Morgan fingerprint density at radius 2 is 1.70 bits per heavy atom. The highest BCUT2D eigenvalue weighted by Crippen LogP contribution is 2.20.